The summed E-state index contributed by atoms with van der Waals surface area (Å²) in [5.41, 5.74) is 8.53. The first-order valence-corrected chi connectivity index (χ1v) is 8.10. The molecule has 1 aromatic heterocycles. The number of amides is 1. The lowest BCUT2D eigenvalue weighted by Crippen LogP contribution is -2.26. The minimum atomic E-state index is -0.00793. The quantitative estimate of drug-likeness (QED) is 0.729. The molecule has 0 spiro atoms. The van der Waals surface area contributed by atoms with E-state index >= 15 is 0 Å². The van der Waals surface area contributed by atoms with Crippen molar-refractivity contribution in [3.8, 4) is 10.6 Å². The van der Waals surface area contributed by atoms with Crippen LogP contribution in [0.5, 0.6) is 0 Å². The van der Waals surface area contributed by atoms with Crippen LogP contribution in [0, 0.1) is 0 Å². The molecular weight excluding hydrogens is 298 g/mol. The average molecular weight is 319 g/mol. The van der Waals surface area contributed by atoms with Crippen LogP contribution in [0.3, 0.4) is 0 Å². The van der Waals surface area contributed by atoms with Crippen LogP contribution in [0.15, 0.2) is 29.6 Å². The molecule has 0 aliphatic heterocycles. The van der Waals surface area contributed by atoms with E-state index in [1.54, 1.807) is 18.4 Å². The summed E-state index contributed by atoms with van der Waals surface area (Å²) < 4.78 is 4.94. The highest BCUT2D eigenvalue weighted by molar-refractivity contribution is 7.13. The second-order valence-electron chi connectivity index (χ2n) is 4.92. The average Bonchev–Trinajstić information content (AvgIpc) is 3.00. The monoisotopic (exact) mass is 319 g/mol. The zero-order valence-corrected chi connectivity index (χ0v) is 13.5. The number of nitrogens with one attached hydrogen (secondary N) is 1. The molecule has 118 valence electrons. The number of ether oxygens (including phenoxy) is 1. The molecule has 0 unspecified atom stereocenters. The molecule has 6 heteroatoms. The van der Waals surface area contributed by atoms with Crippen LogP contribution in [0.25, 0.3) is 10.6 Å². The third-order valence-electron chi connectivity index (χ3n) is 3.18. The summed E-state index contributed by atoms with van der Waals surface area (Å²) in [5.74, 6) is -0.00793. The van der Waals surface area contributed by atoms with Gasteiger partial charge in [0.15, 0.2) is 0 Å². The number of thiazole rings is 1. The summed E-state index contributed by atoms with van der Waals surface area (Å²) in [5, 5.41) is 5.72. The van der Waals surface area contributed by atoms with E-state index in [1.807, 2.05) is 29.6 Å². The molecule has 0 bridgehead atoms. The molecule has 2 aromatic rings. The Morgan fingerprint density at radius 3 is 2.82 bits per heavy atom. The van der Waals surface area contributed by atoms with Crippen LogP contribution in [0.4, 0.5) is 0 Å². The molecule has 2 rings (SSSR count). The van der Waals surface area contributed by atoms with Gasteiger partial charge in [0.25, 0.3) is 0 Å². The van der Waals surface area contributed by atoms with E-state index in [0.29, 0.717) is 26.1 Å². The zero-order valence-electron chi connectivity index (χ0n) is 12.7. The van der Waals surface area contributed by atoms with Crippen molar-refractivity contribution in [2.45, 2.75) is 19.4 Å². The van der Waals surface area contributed by atoms with E-state index in [1.165, 1.54) is 0 Å². The summed E-state index contributed by atoms with van der Waals surface area (Å²) in [7, 11) is 1.65. The Hall–Kier alpha value is -1.76. The molecule has 1 aromatic carbocycles. The number of rotatable bonds is 8. The topological polar surface area (TPSA) is 77.2 Å². The third kappa shape index (κ3) is 4.91. The van der Waals surface area contributed by atoms with Gasteiger partial charge in [-0.1, -0.05) is 24.3 Å². The SMILES string of the molecule is COCCCNC(=O)Cc1csc(-c2ccc(CN)cc2)n1. The van der Waals surface area contributed by atoms with Crippen molar-refractivity contribution in [1.82, 2.24) is 10.3 Å². The summed E-state index contributed by atoms with van der Waals surface area (Å²) in [4.78, 5) is 16.3. The van der Waals surface area contributed by atoms with E-state index in [9.17, 15) is 4.79 Å². The Kier molecular flexibility index (Phi) is 6.51. The van der Waals surface area contributed by atoms with Gasteiger partial charge in [0.1, 0.15) is 5.01 Å². The molecule has 5 nitrogen and oxygen atoms in total. The number of hydrogen-bond donors (Lipinski definition) is 2. The molecule has 3 N–H and O–H groups in total. The van der Waals surface area contributed by atoms with Gasteiger partial charge in [0.2, 0.25) is 5.91 Å². The van der Waals surface area contributed by atoms with Crippen LogP contribution in [0.1, 0.15) is 17.7 Å². The normalized spacial score (nSPS) is 10.6. The van der Waals surface area contributed by atoms with Gasteiger partial charge in [-0.05, 0) is 12.0 Å². The highest BCUT2D eigenvalue weighted by Crippen LogP contribution is 2.24. The Balaban J connectivity index is 1.89. The van der Waals surface area contributed by atoms with Gasteiger partial charge in [-0.2, -0.15) is 0 Å². The largest absolute Gasteiger partial charge is 0.385 e. The lowest BCUT2D eigenvalue weighted by molar-refractivity contribution is -0.120. The van der Waals surface area contributed by atoms with Gasteiger partial charge in [-0.25, -0.2) is 4.98 Å². The number of carbonyl (C=O) groups excluding carboxylic acids is 1. The number of benzene rings is 1. The number of aromatic nitrogens is 1. The van der Waals surface area contributed by atoms with Gasteiger partial charge >= 0.3 is 0 Å². The van der Waals surface area contributed by atoms with Crippen molar-refractivity contribution < 1.29 is 9.53 Å². The van der Waals surface area contributed by atoms with E-state index in [-0.39, 0.29) is 5.91 Å². The Morgan fingerprint density at radius 2 is 2.14 bits per heavy atom. The smallest absolute Gasteiger partial charge is 0.226 e. The van der Waals surface area contributed by atoms with Crippen LogP contribution < -0.4 is 11.1 Å². The molecule has 0 saturated heterocycles. The maximum Gasteiger partial charge on any atom is 0.226 e. The standard InChI is InChI=1S/C16H21N3O2S/c1-21-8-2-7-18-15(20)9-14-11-22-16(19-14)13-5-3-12(10-17)4-6-13/h3-6,11H,2,7-10,17H2,1H3,(H,18,20). The molecule has 0 aliphatic rings. The molecule has 0 atom stereocenters. The summed E-state index contributed by atoms with van der Waals surface area (Å²) in [6.45, 7) is 1.82. The minimum absolute atomic E-state index is 0.00793. The molecular formula is C16H21N3O2S. The van der Waals surface area contributed by atoms with Crippen molar-refractivity contribution >= 4 is 17.2 Å². The fourth-order valence-electron chi connectivity index (χ4n) is 1.98. The van der Waals surface area contributed by atoms with Crippen molar-refractivity contribution in [2.75, 3.05) is 20.3 Å². The molecule has 0 fully saturated rings. The predicted octanol–water partition coefficient (Wildman–Crippen LogP) is 1.96. The minimum Gasteiger partial charge on any atom is -0.385 e. The van der Waals surface area contributed by atoms with E-state index in [2.05, 4.69) is 10.3 Å². The molecule has 1 heterocycles. The van der Waals surface area contributed by atoms with E-state index < -0.39 is 0 Å². The van der Waals surface area contributed by atoms with Gasteiger partial charge < -0.3 is 15.8 Å². The number of methoxy groups -OCH3 is 1. The first-order valence-electron chi connectivity index (χ1n) is 7.22. The molecule has 0 saturated carbocycles. The second-order valence-corrected chi connectivity index (χ2v) is 5.78. The number of carbonyl (C=O) groups is 1. The highest BCUT2D eigenvalue weighted by Gasteiger charge is 2.08. The Morgan fingerprint density at radius 1 is 1.36 bits per heavy atom. The predicted molar refractivity (Wildman–Crippen MR) is 88.6 cm³/mol. The molecule has 1 amide bonds. The van der Waals surface area contributed by atoms with Gasteiger partial charge in [-0.3, -0.25) is 4.79 Å². The second kappa shape index (κ2) is 8.63. The van der Waals surface area contributed by atoms with Crippen LogP contribution in [-0.4, -0.2) is 31.2 Å². The highest BCUT2D eigenvalue weighted by atomic mass is 32.1. The van der Waals surface area contributed by atoms with Crippen molar-refractivity contribution in [3.63, 3.8) is 0 Å². The number of nitrogens with zero attached hydrogens (tertiary/aromatic N) is 1. The van der Waals surface area contributed by atoms with Crippen LogP contribution >= 0.6 is 11.3 Å². The van der Waals surface area contributed by atoms with Crippen LogP contribution in [0.2, 0.25) is 0 Å². The first kappa shape index (κ1) is 16.6. The van der Waals surface area contributed by atoms with Gasteiger partial charge in [-0.15, -0.1) is 11.3 Å². The van der Waals surface area contributed by atoms with Crippen LogP contribution in [-0.2, 0) is 22.5 Å². The fourth-order valence-corrected chi connectivity index (χ4v) is 2.80. The fraction of sp³-hybridized carbons (Fsp3) is 0.375. The zero-order chi connectivity index (χ0) is 15.8. The molecule has 0 radical (unpaired) electrons. The third-order valence-corrected chi connectivity index (χ3v) is 4.12. The Labute approximate surface area is 134 Å². The summed E-state index contributed by atoms with van der Waals surface area (Å²) in [6, 6.07) is 8.02. The number of nitrogens with two attached hydrogens (primary N) is 1. The summed E-state index contributed by atoms with van der Waals surface area (Å²) >= 11 is 1.55. The van der Waals surface area contributed by atoms with Crippen molar-refractivity contribution in [2.24, 2.45) is 5.73 Å². The molecule has 0 aliphatic carbocycles. The maximum absolute atomic E-state index is 11.8. The van der Waals surface area contributed by atoms with E-state index in [4.69, 9.17) is 10.5 Å². The van der Waals surface area contributed by atoms with Gasteiger partial charge in [0, 0.05) is 37.7 Å². The van der Waals surface area contributed by atoms with Gasteiger partial charge in [0.05, 0.1) is 12.1 Å². The molecule has 22 heavy (non-hydrogen) atoms. The van der Waals surface area contributed by atoms with Crippen molar-refractivity contribution in [3.05, 3.63) is 40.9 Å². The first-order chi connectivity index (χ1) is 10.7. The Bertz CT molecular complexity index is 596. The van der Waals surface area contributed by atoms with Crippen molar-refractivity contribution in [1.29, 1.82) is 0 Å². The summed E-state index contributed by atoms with van der Waals surface area (Å²) in [6.07, 6.45) is 1.13. The number of hydrogen-bond acceptors (Lipinski definition) is 5. The lowest BCUT2D eigenvalue weighted by atomic mass is 10.1. The lowest BCUT2D eigenvalue weighted by Gasteiger charge is -2.03. The van der Waals surface area contributed by atoms with E-state index in [0.717, 1.165) is 28.2 Å². The maximum atomic E-state index is 11.8.